The number of carbonyl (C=O) groups is 2. The monoisotopic (exact) mass is 288 g/mol. The summed E-state index contributed by atoms with van der Waals surface area (Å²) in [6, 6.07) is 3.91. The summed E-state index contributed by atoms with van der Waals surface area (Å²) in [7, 11) is 0. The number of hydrogen-bond donors (Lipinski definition) is 2. The minimum absolute atomic E-state index is 0.0795. The molecule has 110 valence electrons. The third-order valence-electron chi connectivity index (χ3n) is 2.64. The quantitative estimate of drug-likeness (QED) is 0.840. The van der Waals surface area contributed by atoms with E-state index >= 15 is 0 Å². The minimum atomic E-state index is -4.50. The number of alkyl halides is 3. The van der Waals surface area contributed by atoms with Gasteiger partial charge in [-0.2, -0.15) is 13.2 Å². The van der Waals surface area contributed by atoms with Gasteiger partial charge in [0.15, 0.2) is 0 Å². The fraction of sp³-hybridized carbons (Fsp3) is 0.385. The highest BCUT2D eigenvalue weighted by atomic mass is 19.4. The average molecular weight is 288 g/mol. The lowest BCUT2D eigenvalue weighted by atomic mass is 10.2. The Labute approximate surface area is 114 Å². The molecule has 0 aliphatic heterocycles. The van der Waals surface area contributed by atoms with Gasteiger partial charge in [0.2, 0.25) is 0 Å². The first-order chi connectivity index (χ1) is 9.24. The zero-order chi connectivity index (χ0) is 15.3. The molecule has 1 aromatic carbocycles. The van der Waals surface area contributed by atoms with E-state index in [0.717, 1.165) is 18.2 Å². The van der Waals surface area contributed by atoms with Crippen molar-refractivity contribution in [1.82, 2.24) is 5.32 Å². The van der Waals surface area contributed by atoms with Crippen molar-refractivity contribution in [2.75, 3.05) is 5.32 Å². The van der Waals surface area contributed by atoms with Gasteiger partial charge in [0.1, 0.15) is 0 Å². The van der Waals surface area contributed by atoms with E-state index in [0.29, 0.717) is 6.42 Å². The highest BCUT2D eigenvalue weighted by Crippen LogP contribution is 2.30. The maximum Gasteiger partial charge on any atom is 0.416 e. The average Bonchev–Trinajstić information content (AvgIpc) is 2.37. The van der Waals surface area contributed by atoms with Gasteiger partial charge in [0.25, 0.3) is 0 Å². The van der Waals surface area contributed by atoms with Crippen LogP contribution in [0.1, 0.15) is 25.8 Å². The fourth-order valence-corrected chi connectivity index (χ4v) is 1.35. The summed E-state index contributed by atoms with van der Waals surface area (Å²) >= 11 is 0. The van der Waals surface area contributed by atoms with Gasteiger partial charge in [-0.1, -0.05) is 13.0 Å². The first kappa shape index (κ1) is 16.0. The van der Waals surface area contributed by atoms with Crippen molar-refractivity contribution >= 4 is 17.5 Å². The molecule has 0 bridgehead atoms. The number of rotatable bonds is 3. The van der Waals surface area contributed by atoms with Crippen LogP contribution in [0.15, 0.2) is 24.3 Å². The van der Waals surface area contributed by atoms with Crippen molar-refractivity contribution < 1.29 is 22.8 Å². The van der Waals surface area contributed by atoms with Crippen LogP contribution >= 0.6 is 0 Å². The van der Waals surface area contributed by atoms with Gasteiger partial charge in [-0.3, -0.25) is 9.59 Å². The normalized spacial score (nSPS) is 12.7. The molecule has 0 saturated carbocycles. The number of halogens is 3. The first-order valence-electron chi connectivity index (χ1n) is 6.03. The molecule has 0 saturated heterocycles. The molecule has 0 fully saturated rings. The Balaban J connectivity index is 2.74. The second kappa shape index (κ2) is 6.40. The predicted octanol–water partition coefficient (Wildman–Crippen LogP) is 2.56. The van der Waals surface area contributed by atoms with Crippen LogP contribution in [-0.2, 0) is 15.8 Å². The van der Waals surface area contributed by atoms with Gasteiger partial charge in [-0.25, -0.2) is 0 Å². The molecule has 7 heteroatoms. The lowest BCUT2D eigenvalue weighted by Gasteiger charge is -2.12. The summed E-state index contributed by atoms with van der Waals surface area (Å²) in [4.78, 5) is 23.0. The Morgan fingerprint density at radius 3 is 2.45 bits per heavy atom. The zero-order valence-corrected chi connectivity index (χ0v) is 11.0. The standard InChI is InChI=1S/C13H15F3N2O2/c1-3-8(2)17-11(19)12(20)18-10-6-4-5-9(7-10)13(14,15)16/h4-8H,3H2,1-2H3,(H,17,19)(H,18,20)/t8-/m1/s1. The molecule has 0 radical (unpaired) electrons. The van der Waals surface area contributed by atoms with Crippen molar-refractivity contribution in [3.05, 3.63) is 29.8 Å². The molecule has 1 rings (SSSR count). The molecular weight excluding hydrogens is 273 g/mol. The molecule has 0 aromatic heterocycles. The van der Waals surface area contributed by atoms with E-state index < -0.39 is 23.6 Å². The van der Waals surface area contributed by atoms with Gasteiger partial charge in [-0.05, 0) is 31.5 Å². The summed E-state index contributed by atoms with van der Waals surface area (Å²) in [6.07, 6.45) is -3.86. The molecule has 0 spiro atoms. The Bertz CT molecular complexity index is 501. The van der Waals surface area contributed by atoms with Crippen LogP contribution in [0.2, 0.25) is 0 Å². The first-order valence-corrected chi connectivity index (χ1v) is 6.03. The maximum absolute atomic E-state index is 12.5. The largest absolute Gasteiger partial charge is 0.416 e. The van der Waals surface area contributed by atoms with E-state index in [1.54, 1.807) is 6.92 Å². The summed E-state index contributed by atoms with van der Waals surface area (Å²) in [5.41, 5.74) is -0.971. The third-order valence-corrected chi connectivity index (χ3v) is 2.64. The lowest BCUT2D eigenvalue weighted by molar-refractivity contribution is -0.137. The lowest BCUT2D eigenvalue weighted by Crippen LogP contribution is -2.40. The fourth-order valence-electron chi connectivity index (χ4n) is 1.35. The van der Waals surface area contributed by atoms with Crippen molar-refractivity contribution in [2.24, 2.45) is 0 Å². The Morgan fingerprint density at radius 2 is 1.90 bits per heavy atom. The number of amides is 2. The zero-order valence-electron chi connectivity index (χ0n) is 11.0. The topological polar surface area (TPSA) is 58.2 Å². The van der Waals surface area contributed by atoms with Gasteiger partial charge < -0.3 is 10.6 Å². The number of anilines is 1. The number of hydrogen-bond acceptors (Lipinski definition) is 2. The van der Waals surface area contributed by atoms with Crippen LogP contribution in [0, 0.1) is 0 Å². The third kappa shape index (κ3) is 4.56. The molecule has 0 heterocycles. The Hall–Kier alpha value is -2.05. The summed E-state index contributed by atoms with van der Waals surface area (Å²) in [5, 5.41) is 4.55. The second-order valence-corrected chi connectivity index (χ2v) is 4.32. The molecule has 0 unspecified atom stereocenters. The van der Waals surface area contributed by atoms with Crippen LogP contribution in [0.25, 0.3) is 0 Å². The van der Waals surface area contributed by atoms with E-state index in [4.69, 9.17) is 0 Å². The van der Waals surface area contributed by atoms with Crippen LogP contribution in [0.4, 0.5) is 18.9 Å². The van der Waals surface area contributed by atoms with Gasteiger partial charge in [0, 0.05) is 11.7 Å². The maximum atomic E-state index is 12.5. The van der Waals surface area contributed by atoms with E-state index in [2.05, 4.69) is 10.6 Å². The van der Waals surface area contributed by atoms with Crippen LogP contribution in [0.3, 0.4) is 0 Å². The van der Waals surface area contributed by atoms with Crippen molar-refractivity contribution in [3.63, 3.8) is 0 Å². The predicted molar refractivity (Wildman–Crippen MR) is 68.0 cm³/mol. The van der Waals surface area contributed by atoms with Crippen LogP contribution in [0.5, 0.6) is 0 Å². The van der Waals surface area contributed by atoms with Gasteiger partial charge in [-0.15, -0.1) is 0 Å². The molecule has 4 nitrogen and oxygen atoms in total. The molecule has 1 aromatic rings. The Kier molecular flexibility index (Phi) is 5.12. The van der Waals surface area contributed by atoms with E-state index in [9.17, 15) is 22.8 Å². The SMILES string of the molecule is CC[C@@H](C)NC(=O)C(=O)Nc1cccc(C(F)(F)F)c1. The van der Waals surface area contributed by atoms with Crippen LogP contribution in [-0.4, -0.2) is 17.9 Å². The second-order valence-electron chi connectivity index (χ2n) is 4.32. The summed E-state index contributed by atoms with van der Waals surface area (Å²) in [6.45, 7) is 3.55. The number of benzene rings is 1. The highest BCUT2D eigenvalue weighted by Gasteiger charge is 2.30. The molecule has 0 aliphatic carbocycles. The van der Waals surface area contributed by atoms with Crippen molar-refractivity contribution in [1.29, 1.82) is 0 Å². The highest BCUT2D eigenvalue weighted by molar-refractivity contribution is 6.39. The minimum Gasteiger partial charge on any atom is -0.345 e. The smallest absolute Gasteiger partial charge is 0.345 e. The van der Waals surface area contributed by atoms with Gasteiger partial charge >= 0.3 is 18.0 Å². The summed E-state index contributed by atoms with van der Waals surface area (Å²) < 4.78 is 37.5. The number of nitrogens with one attached hydrogen (secondary N) is 2. The Morgan fingerprint density at radius 1 is 1.25 bits per heavy atom. The van der Waals surface area contributed by atoms with Crippen molar-refractivity contribution in [2.45, 2.75) is 32.5 Å². The molecule has 2 amide bonds. The molecule has 20 heavy (non-hydrogen) atoms. The molecule has 2 N–H and O–H groups in total. The summed E-state index contributed by atoms with van der Waals surface area (Å²) in [5.74, 6) is -1.87. The molecular formula is C13H15F3N2O2. The van der Waals surface area contributed by atoms with Gasteiger partial charge in [0.05, 0.1) is 5.56 Å². The van der Waals surface area contributed by atoms with E-state index in [1.165, 1.54) is 6.07 Å². The molecule has 0 aliphatic rings. The molecule has 1 atom stereocenters. The van der Waals surface area contributed by atoms with Crippen molar-refractivity contribution in [3.8, 4) is 0 Å². The number of carbonyl (C=O) groups excluding carboxylic acids is 2. The van der Waals surface area contributed by atoms with E-state index in [1.807, 2.05) is 6.92 Å². The van der Waals surface area contributed by atoms with Crippen LogP contribution < -0.4 is 10.6 Å². The van der Waals surface area contributed by atoms with E-state index in [-0.39, 0.29) is 11.7 Å².